The van der Waals surface area contributed by atoms with Gasteiger partial charge in [-0.3, -0.25) is 9.78 Å². The zero-order valence-corrected chi connectivity index (χ0v) is 8.12. The molecule has 1 aromatic carbocycles. The number of amides is 1. The van der Waals surface area contributed by atoms with Crippen molar-refractivity contribution in [3.05, 3.63) is 42.1 Å². The van der Waals surface area contributed by atoms with Gasteiger partial charge in [-0.15, -0.1) is 12.4 Å². The molecule has 2 N–H and O–H groups in total. The third-order valence-electron chi connectivity index (χ3n) is 1.87. The van der Waals surface area contributed by atoms with Crippen LogP contribution in [0.2, 0.25) is 0 Å². The lowest BCUT2D eigenvalue weighted by Gasteiger charge is -1.97. The summed E-state index contributed by atoms with van der Waals surface area (Å²) in [6.45, 7) is 0. The van der Waals surface area contributed by atoms with Gasteiger partial charge in [0.05, 0.1) is 11.1 Å². The highest BCUT2D eigenvalue weighted by Crippen LogP contribution is 2.11. The van der Waals surface area contributed by atoms with Crippen LogP contribution in [0.1, 0.15) is 10.4 Å². The van der Waals surface area contributed by atoms with Crippen LogP contribution in [0.3, 0.4) is 0 Å². The summed E-state index contributed by atoms with van der Waals surface area (Å²) in [5.74, 6) is -0.446. The number of rotatable bonds is 1. The predicted molar refractivity (Wildman–Crippen MR) is 57.5 cm³/mol. The van der Waals surface area contributed by atoms with Gasteiger partial charge in [0.25, 0.3) is 0 Å². The summed E-state index contributed by atoms with van der Waals surface area (Å²) < 4.78 is 0. The van der Waals surface area contributed by atoms with Crippen LogP contribution in [0.5, 0.6) is 0 Å². The van der Waals surface area contributed by atoms with Gasteiger partial charge in [-0.05, 0) is 12.1 Å². The summed E-state index contributed by atoms with van der Waals surface area (Å²) in [5, 5.41) is 0.929. The smallest absolute Gasteiger partial charge is 0.250 e. The highest BCUT2D eigenvalue weighted by atomic mass is 35.5. The van der Waals surface area contributed by atoms with Gasteiger partial charge in [0, 0.05) is 11.6 Å². The van der Waals surface area contributed by atoms with E-state index >= 15 is 0 Å². The number of hydrogen-bond acceptors (Lipinski definition) is 2. The number of para-hydroxylation sites is 1. The SMILES string of the molecule is Cl.NC(=O)c1cnc2ccccc2c1. The average Bonchev–Trinajstić information content (AvgIpc) is 2.17. The van der Waals surface area contributed by atoms with Gasteiger partial charge in [0.15, 0.2) is 0 Å². The Morgan fingerprint density at radius 2 is 2.00 bits per heavy atom. The fraction of sp³-hybridized carbons (Fsp3) is 0. The third-order valence-corrected chi connectivity index (χ3v) is 1.87. The Morgan fingerprint density at radius 3 is 2.71 bits per heavy atom. The maximum Gasteiger partial charge on any atom is 0.250 e. The standard InChI is InChI=1S/C10H8N2O.ClH/c11-10(13)8-5-7-3-1-2-4-9(7)12-6-8;/h1-6H,(H2,11,13);1H. The number of primary amides is 1. The average molecular weight is 209 g/mol. The molecule has 0 aliphatic rings. The molecule has 0 aliphatic heterocycles. The summed E-state index contributed by atoms with van der Waals surface area (Å²) in [5.41, 5.74) is 6.44. The molecule has 72 valence electrons. The monoisotopic (exact) mass is 208 g/mol. The molecule has 0 saturated carbocycles. The molecular weight excluding hydrogens is 200 g/mol. The second-order valence-corrected chi connectivity index (χ2v) is 2.78. The van der Waals surface area contributed by atoms with Gasteiger partial charge in [-0.1, -0.05) is 18.2 Å². The topological polar surface area (TPSA) is 56.0 Å². The first-order valence-electron chi connectivity index (χ1n) is 3.92. The molecule has 0 radical (unpaired) electrons. The molecule has 1 heterocycles. The van der Waals surface area contributed by atoms with Gasteiger partial charge in [-0.25, -0.2) is 0 Å². The molecule has 0 aliphatic carbocycles. The molecule has 14 heavy (non-hydrogen) atoms. The maximum atomic E-state index is 10.8. The van der Waals surface area contributed by atoms with Gasteiger partial charge in [-0.2, -0.15) is 0 Å². The van der Waals surface area contributed by atoms with E-state index in [4.69, 9.17) is 5.73 Å². The van der Waals surface area contributed by atoms with Gasteiger partial charge in [0.1, 0.15) is 0 Å². The zero-order valence-electron chi connectivity index (χ0n) is 7.31. The Hall–Kier alpha value is -1.61. The third kappa shape index (κ3) is 1.83. The van der Waals surface area contributed by atoms with Gasteiger partial charge in [0.2, 0.25) is 5.91 Å². The van der Waals surface area contributed by atoms with Crippen molar-refractivity contribution < 1.29 is 4.79 Å². The first kappa shape index (κ1) is 10.5. The van der Waals surface area contributed by atoms with Crippen molar-refractivity contribution in [2.45, 2.75) is 0 Å². The molecule has 2 aromatic rings. The van der Waals surface area contributed by atoms with Crippen LogP contribution >= 0.6 is 12.4 Å². The second kappa shape index (κ2) is 4.07. The molecule has 0 unspecified atom stereocenters. The molecule has 4 heteroatoms. The van der Waals surface area contributed by atoms with E-state index in [1.807, 2.05) is 24.3 Å². The minimum atomic E-state index is -0.446. The largest absolute Gasteiger partial charge is 0.366 e. The number of benzene rings is 1. The van der Waals surface area contributed by atoms with Crippen LogP contribution < -0.4 is 5.73 Å². The molecular formula is C10H9ClN2O. The Bertz CT molecular complexity index is 470. The van der Waals surface area contributed by atoms with E-state index in [0.717, 1.165) is 10.9 Å². The summed E-state index contributed by atoms with van der Waals surface area (Å²) in [4.78, 5) is 14.9. The summed E-state index contributed by atoms with van der Waals surface area (Å²) in [6, 6.07) is 9.33. The van der Waals surface area contributed by atoms with Crippen LogP contribution in [0.4, 0.5) is 0 Å². The van der Waals surface area contributed by atoms with E-state index < -0.39 is 5.91 Å². The number of aromatic nitrogens is 1. The molecule has 2 rings (SSSR count). The van der Waals surface area contributed by atoms with E-state index in [9.17, 15) is 4.79 Å². The lowest BCUT2D eigenvalue weighted by molar-refractivity contribution is 0.1000. The van der Waals surface area contributed by atoms with Crippen molar-refractivity contribution in [2.24, 2.45) is 5.73 Å². The van der Waals surface area contributed by atoms with Crippen molar-refractivity contribution in [1.29, 1.82) is 0 Å². The Morgan fingerprint density at radius 1 is 1.29 bits per heavy atom. The predicted octanol–water partition coefficient (Wildman–Crippen LogP) is 1.76. The number of nitrogens with two attached hydrogens (primary N) is 1. The summed E-state index contributed by atoms with van der Waals surface area (Å²) in [6.07, 6.45) is 1.49. The number of carbonyl (C=O) groups excluding carboxylic acids is 1. The fourth-order valence-corrected chi connectivity index (χ4v) is 1.21. The van der Waals surface area contributed by atoms with Gasteiger partial charge >= 0.3 is 0 Å². The number of fused-ring (bicyclic) bond motifs is 1. The molecule has 3 nitrogen and oxygen atoms in total. The molecule has 0 saturated heterocycles. The Labute approximate surface area is 87.4 Å². The van der Waals surface area contributed by atoms with Gasteiger partial charge < -0.3 is 5.73 Å². The lowest BCUT2D eigenvalue weighted by atomic mass is 10.1. The number of carbonyl (C=O) groups is 1. The molecule has 0 spiro atoms. The number of hydrogen-bond donors (Lipinski definition) is 1. The summed E-state index contributed by atoms with van der Waals surface area (Å²) >= 11 is 0. The van der Waals surface area contributed by atoms with E-state index in [0.29, 0.717) is 5.56 Å². The number of pyridine rings is 1. The van der Waals surface area contributed by atoms with E-state index in [-0.39, 0.29) is 12.4 Å². The fourth-order valence-electron chi connectivity index (χ4n) is 1.21. The van der Waals surface area contributed by atoms with E-state index in [2.05, 4.69) is 4.98 Å². The van der Waals surface area contributed by atoms with Crippen molar-refractivity contribution in [3.8, 4) is 0 Å². The number of halogens is 1. The minimum Gasteiger partial charge on any atom is -0.366 e. The second-order valence-electron chi connectivity index (χ2n) is 2.78. The van der Waals surface area contributed by atoms with Crippen molar-refractivity contribution in [3.63, 3.8) is 0 Å². The molecule has 1 aromatic heterocycles. The van der Waals surface area contributed by atoms with Crippen molar-refractivity contribution in [1.82, 2.24) is 4.98 Å². The van der Waals surface area contributed by atoms with Crippen LogP contribution in [0.15, 0.2) is 36.5 Å². The van der Waals surface area contributed by atoms with Crippen LogP contribution in [-0.4, -0.2) is 10.9 Å². The maximum absolute atomic E-state index is 10.8. The van der Waals surface area contributed by atoms with E-state index in [1.165, 1.54) is 6.20 Å². The Balaban J connectivity index is 0.000000980. The zero-order chi connectivity index (χ0) is 9.26. The molecule has 1 amide bonds. The van der Waals surface area contributed by atoms with Crippen molar-refractivity contribution in [2.75, 3.05) is 0 Å². The number of nitrogens with zero attached hydrogens (tertiary/aromatic N) is 1. The van der Waals surface area contributed by atoms with E-state index in [1.54, 1.807) is 6.07 Å². The van der Waals surface area contributed by atoms with Crippen molar-refractivity contribution >= 4 is 29.2 Å². The van der Waals surface area contributed by atoms with Crippen LogP contribution in [0, 0.1) is 0 Å². The molecule has 0 fully saturated rings. The van der Waals surface area contributed by atoms with Crippen LogP contribution in [-0.2, 0) is 0 Å². The minimum absolute atomic E-state index is 0. The molecule has 0 bridgehead atoms. The normalized spacial score (nSPS) is 9.43. The highest BCUT2D eigenvalue weighted by Gasteiger charge is 2.01. The van der Waals surface area contributed by atoms with Crippen LogP contribution in [0.25, 0.3) is 10.9 Å². The Kier molecular flexibility index (Phi) is 3.04. The highest BCUT2D eigenvalue weighted by molar-refractivity contribution is 5.96. The first-order valence-corrected chi connectivity index (χ1v) is 3.92. The summed E-state index contributed by atoms with van der Waals surface area (Å²) in [7, 11) is 0. The quantitative estimate of drug-likeness (QED) is 0.777. The lowest BCUT2D eigenvalue weighted by Crippen LogP contribution is -2.10. The first-order chi connectivity index (χ1) is 6.27. The molecule has 0 atom stereocenters.